The summed E-state index contributed by atoms with van der Waals surface area (Å²) < 4.78 is 16.6. The molecule has 3 aliphatic rings. The second kappa shape index (κ2) is 12.3. The topological polar surface area (TPSA) is 61.6 Å². The van der Waals surface area contributed by atoms with Gasteiger partial charge in [-0.05, 0) is 95.1 Å². The summed E-state index contributed by atoms with van der Waals surface area (Å²) in [5.74, 6) is 0.251. The maximum absolute atomic E-state index is 14.4. The molecule has 0 amide bonds. The van der Waals surface area contributed by atoms with Gasteiger partial charge in [0.1, 0.15) is 5.82 Å². The molecule has 220 valence electrons. The van der Waals surface area contributed by atoms with Gasteiger partial charge >= 0.3 is 5.97 Å². The van der Waals surface area contributed by atoms with Crippen molar-refractivity contribution in [3.8, 4) is 0 Å². The maximum atomic E-state index is 14.4. The lowest BCUT2D eigenvalue weighted by Crippen LogP contribution is -2.46. The van der Waals surface area contributed by atoms with Crippen LogP contribution in [0.3, 0.4) is 0 Å². The third-order valence-corrected chi connectivity index (χ3v) is 10.6. The van der Waals surface area contributed by atoms with Crippen molar-refractivity contribution in [1.82, 2.24) is 19.6 Å². The van der Waals surface area contributed by atoms with Gasteiger partial charge in [0.2, 0.25) is 0 Å². The zero-order valence-electron chi connectivity index (χ0n) is 25.0. The highest BCUT2D eigenvalue weighted by Gasteiger charge is 2.46. The van der Waals surface area contributed by atoms with Crippen LogP contribution < -0.4 is 0 Å². The number of halogens is 1. The number of carboxylic acid groups (broad SMARTS) is 1. The third kappa shape index (κ3) is 5.74. The number of likely N-dealkylation sites (tertiary alicyclic amines) is 2. The monoisotopic (exact) mass is 552 g/mol. The van der Waals surface area contributed by atoms with E-state index in [0.29, 0.717) is 24.4 Å². The summed E-state index contributed by atoms with van der Waals surface area (Å²) in [5, 5.41) is 15.1. The molecule has 1 aromatic carbocycles. The molecule has 3 unspecified atom stereocenters. The van der Waals surface area contributed by atoms with Gasteiger partial charge in [-0.25, -0.2) is 4.39 Å². The van der Waals surface area contributed by atoms with Crippen LogP contribution in [0.25, 0.3) is 0 Å². The summed E-state index contributed by atoms with van der Waals surface area (Å²) in [5.41, 5.74) is 4.45. The molecule has 2 saturated heterocycles. The van der Waals surface area contributed by atoms with Crippen molar-refractivity contribution in [2.75, 3.05) is 32.7 Å². The van der Waals surface area contributed by atoms with E-state index in [0.717, 1.165) is 89.7 Å². The predicted molar refractivity (Wildman–Crippen MR) is 157 cm³/mol. The standard InChI is InChI=1S/C33H49FN4O2/c1-5-30-23(3)31(38(6-2)35-30)25-13-17-37(18-14-25)24(4)28-20-36(21-29(28)26-11-10-12-27(34)19-26)22-33(32(39)40)15-8-7-9-16-33/h10-12,19,24-25,28-29H,5-9,13-18,20-22H2,1-4H3,(H,39,40). The van der Waals surface area contributed by atoms with Crippen molar-refractivity contribution in [3.63, 3.8) is 0 Å². The largest absolute Gasteiger partial charge is 0.481 e. The Morgan fingerprint density at radius 3 is 2.50 bits per heavy atom. The number of carbonyl (C=O) groups is 1. The van der Waals surface area contributed by atoms with E-state index < -0.39 is 11.4 Å². The maximum Gasteiger partial charge on any atom is 0.310 e. The first-order valence-electron chi connectivity index (χ1n) is 15.8. The molecule has 1 N–H and O–H groups in total. The zero-order valence-corrected chi connectivity index (χ0v) is 25.0. The zero-order chi connectivity index (χ0) is 28.4. The second-order valence-electron chi connectivity index (χ2n) is 12.8. The van der Waals surface area contributed by atoms with Crippen molar-refractivity contribution >= 4 is 5.97 Å². The number of rotatable bonds is 9. The Hall–Kier alpha value is -2.25. The second-order valence-corrected chi connectivity index (χ2v) is 12.8. The molecule has 1 aromatic heterocycles. The third-order valence-electron chi connectivity index (χ3n) is 10.6. The van der Waals surface area contributed by atoms with Gasteiger partial charge in [0.15, 0.2) is 0 Å². The highest BCUT2D eigenvalue weighted by Crippen LogP contribution is 2.43. The molecule has 3 fully saturated rings. The summed E-state index contributed by atoms with van der Waals surface area (Å²) in [6.45, 7) is 14.3. The first kappa shape index (κ1) is 29.2. The molecule has 0 spiro atoms. The molecule has 0 radical (unpaired) electrons. The Balaban J connectivity index is 1.32. The Morgan fingerprint density at radius 1 is 1.15 bits per heavy atom. The number of aryl methyl sites for hydroxylation is 2. The minimum Gasteiger partial charge on any atom is -0.481 e. The van der Waals surface area contributed by atoms with E-state index in [1.165, 1.54) is 23.0 Å². The lowest BCUT2D eigenvalue weighted by molar-refractivity contribution is -0.152. The molecule has 5 rings (SSSR count). The first-order valence-corrected chi connectivity index (χ1v) is 15.8. The Bertz CT molecular complexity index is 1170. The molecule has 3 atom stereocenters. The Labute approximate surface area is 239 Å². The number of nitrogens with zero attached hydrogens (tertiary/aromatic N) is 4. The van der Waals surface area contributed by atoms with Crippen LogP contribution in [-0.4, -0.2) is 69.4 Å². The van der Waals surface area contributed by atoms with Gasteiger partial charge in [0.25, 0.3) is 0 Å². The molecule has 40 heavy (non-hydrogen) atoms. The summed E-state index contributed by atoms with van der Waals surface area (Å²) in [6, 6.07) is 7.46. The van der Waals surface area contributed by atoms with E-state index in [2.05, 4.69) is 48.2 Å². The number of piperidine rings is 1. The van der Waals surface area contributed by atoms with E-state index in [1.807, 2.05) is 6.07 Å². The van der Waals surface area contributed by atoms with E-state index in [9.17, 15) is 14.3 Å². The number of aromatic nitrogens is 2. The summed E-state index contributed by atoms with van der Waals surface area (Å²) in [6.07, 6.45) is 7.90. The van der Waals surface area contributed by atoms with Crippen LogP contribution in [0.2, 0.25) is 0 Å². The molecule has 3 heterocycles. The fourth-order valence-electron chi connectivity index (χ4n) is 8.28. The average molecular weight is 553 g/mol. The first-order chi connectivity index (χ1) is 19.3. The van der Waals surface area contributed by atoms with Gasteiger partial charge in [-0.15, -0.1) is 0 Å². The molecular formula is C33H49FN4O2. The van der Waals surface area contributed by atoms with Crippen molar-refractivity contribution < 1.29 is 14.3 Å². The van der Waals surface area contributed by atoms with Crippen molar-refractivity contribution in [3.05, 3.63) is 52.6 Å². The smallest absolute Gasteiger partial charge is 0.310 e. The number of hydrogen-bond donors (Lipinski definition) is 1. The van der Waals surface area contributed by atoms with E-state index in [1.54, 1.807) is 6.07 Å². The van der Waals surface area contributed by atoms with Crippen LogP contribution in [0.5, 0.6) is 0 Å². The van der Waals surface area contributed by atoms with E-state index in [-0.39, 0.29) is 11.7 Å². The van der Waals surface area contributed by atoms with Crippen molar-refractivity contribution in [2.45, 2.75) is 103 Å². The number of benzene rings is 1. The van der Waals surface area contributed by atoms with Gasteiger partial charge in [0, 0.05) is 49.8 Å². The van der Waals surface area contributed by atoms with Crippen LogP contribution in [0.1, 0.15) is 100 Å². The van der Waals surface area contributed by atoms with Crippen molar-refractivity contribution in [2.24, 2.45) is 11.3 Å². The van der Waals surface area contributed by atoms with E-state index >= 15 is 0 Å². The summed E-state index contributed by atoms with van der Waals surface area (Å²) in [7, 11) is 0. The molecule has 7 heteroatoms. The normalized spacial score (nSPS) is 25.3. The molecule has 2 aliphatic heterocycles. The number of aliphatic carboxylic acids is 1. The van der Waals surface area contributed by atoms with Crippen LogP contribution in [-0.2, 0) is 17.8 Å². The van der Waals surface area contributed by atoms with Gasteiger partial charge in [-0.3, -0.25) is 9.48 Å². The van der Waals surface area contributed by atoms with Crippen LogP contribution in [0.15, 0.2) is 24.3 Å². The van der Waals surface area contributed by atoms with Gasteiger partial charge in [-0.2, -0.15) is 5.10 Å². The van der Waals surface area contributed by atoms with E-state index in [4.69, 9.17) is 5.10 Å². The number of hydrogen-bond acceptors (Lipinski definition) is 4. The quantitative estimate of drug-likeness (QED) is 0.400. The van der Waals surface area contributed by atoms with Crippen molar-refractivity contribution in [1.29, 1.82) is 0 Å². The molecule has 1 aliphatic carbocycles. The van der Waals surface area contributed by atoms with Gasteiger partial charge in [0.05, 0.1) is 11.1 Å². The van der Waals surface area contributed by atoms with Crippen LogP contribution in [0, 0.1) is 24.1 Å². The lowest BCUT2D eigenvalue weighted by atomic mass is 9.73. The lowest BCUT2D eigenvalue weighted by Gasteiger charge is -2.40. The van der Waals surface area contributed by atoms with Crippen LogP contribution in [0.4, 0.5) is 4.39 Å². The predicted octanol–water partition coefficient (Wildman–Crippen LogP) is 6.23. The molecule has 0 bridgehead atoms. The fraction of sp³-hybridized carbons (Fsp3) is 0.697. The highest BCUT2D eigenvalue weighted by atomic mass is 19.1. The van der Waals surface area contributed by atoms with Gasteiger partial charge < -0.3 is 14.9 Å². The molecule has 1 saturated carbocycles. The Kier molecular flexibility index (Phi) is 9.01. The minimum absolute atomic E-state index is 0.188. The molecule has 2 aromatic rings. The molecular weight excluding hydrogens is 503 g/mol. The average Bonchev–Trinajstić information content (AvgIpc) is 3.53. The number of carboxylic acids is 1. The fourth-order valence-corrected chi connectivity index (χ4v) is 8.28. The molecule has 6 nitrogen and oxygen atoms in total. The van der Waals surface area contributed by atoms with Gasteiger partial charge in [-0.1, -0.05) is 38.3 Å². The minimum atomic E-state index is -0.640. The summed E-state index contributed by atoms with van der Waals surface area (Å²) in [4.78, 5) is 17.5. The highest BCUT2D eigenvalue weighted by molar-refractivity contribution is 5.75. The summed E-state index contributed by atoms with van der Waals surface area (Å²) >= 11 is 0. The van der Waals surface area contributed by atoms with Crippen LogP contribution >= 0.6 is 0 Å². The SMILES string of the molecule is CCc1nn(CC)c(C2CCN(C(C)C3CN(CC4(C(=O)O)CCCCC4)CC3c3cccc(F)c3)CC2)c1C. The Morgan fingerprint density at radius 2 is 1.88 bits per heavy atom.